The second kappa shape index (κ2) is 9.38. The number of hydrogen-bond donors (Lipinski definition) is 3. The van der Waals surface area contributed by atoms with Crippen molar-refractivity contribution in [2.24, 2.45) is 0 Å². The van der Waals surface area contributed by atoms with Crippen LogP contribution in [-0.2, 0) is 17.4 Å². The van der Waals surface area contributed by atoms with Crippen molar-refractivity contribution in [3.8, 4) is 0 Å². The van der Waals surface area contributed by atoms with Crippen LogP contribution < -0.4 is 10.6 Å². The van der Waals surface area contributed by atoms with Crippen LogP contribution in [0.15, 0.2) is 72.9 Å². The number of alkyl halides is 3. The van der Waals surface area contributed by atoms with E-state index in [9.17, 15) is 27.2 Å². The zero-order chi connectivity index (χ0) is 24.3. The molecule has 0 saturated heterocycles. The van der Waals surface area contributed by atoms with Gasteiger partial charge in [-0.05, 0) is 60.5 Å². The number of aromatic nitrogens is 1. The monoisotopic (exact) mass is 469 g/mol. The molecule has 34 heavy (non-hydrogen) atoms. The number of anilines is 2. The average molecular weight is 469 g/mol. The number of rotatable bonds is 6. The van der Waals surface area contributed by atoms with Gasteiger partial charge in [0.2, 0.25) is 5.91 Å². The molecule has 174 valence electrons. The van der Waals surface area contributed by atoms with Crippen LogP contribution in [0.1, 0.15) is 27.9 Å². The minimum absolute atomic E-state index is 0.0117. The Hall–Kier alpha value is -4.14. The van der Waals surface area contributed by atoms with Crippen LogP contribution in [0, 0.1) is 5.82 Å². The van der Waals surface area contributed by atoms with E-state index in [1.165, 1.54) is 18.2 Å². The van der Waals surface area contributed by atoms with Gasteiger partial charge in [-0.1, -0.05) is 18.2 Å². The quantitative estimate of drug-likeness (QED) is 0.297. The van der Waals surface area contributed by atoms with Crippen molar-refractivity contribution in [2.45, 2.75) is 19.0 Å². The van der Waals surface area contributed by atoms with Crippen LogP contribution in [-0.4, -0.2) is 16.8 Å². The molecule has 1 aromatic heterocycles. The Labute approximate surface area is 191 Å². The van der Waals surface area contributed by atoms with Crippen molar-refractivity contribution in [1.29, 1.82) is 0 Å². The maximum absolute atomic E-state index is 13.7. The van der Waals surface area contributed by atoms with Crippen molar-refractivity contribution in [3.63, 3.8) is 0 Å². The maximum atomic E-state index is 13.7. The Morgan fingerprint density at radius 1 is 0.912 bits per heavy atom. The Morgan fingerprint density at radius 2 is 1.65 bits per heavy atom. The molecule has 5 nitrogen and oxygen atoms in total. The standard InChI is InChI=1S/C25H19F4N3O2/c26-17-8-5-15(6-9-17)24(34)31-18-10-11-22(20(13-18)25(27,28)29)32-23(33)12-7-16-14-30-21-4-2-1-3-19(16)21/h1-6,8-11,13-14,30H,7,12H2,(H,31,34)(H,32,33). The smallest absolute Gasteiger partial charge is 0.361 e. The van der Waals surface area contributed by atoms with Crippen LogP contribution in [0.2, 0.25) is 0 Å². The zero-order valence-electron chi connectivity index (χ0n) is 17.7. The topological polar surface area (TPSA) is 74.0 Å². The van der Waals surface area contributed by atoms with Crippen molar-refractivity contribution >= 4 is 34.1 Å². The lowest BCUT2D eigenvalue weighted by Gasteiger charge is -2.16. The average Bonchev–Trinajstić information content (AvgIpc) is 3.21. The third kappa shape index (κ3) is 5.25. The fourth-order valence-electron chi connectivity index (χ4n) is 3.57. The number of hydrogen-bond acceptors (Lipinski definition) is 2. The number of carbonyl (C=O) groups is 2. The van der Waals surface area contributed by atoms with Crippen molar-refractivity contribution in [3.05, 3.63) is 95.4 Å². The second-order valence-corrected chi connectivity index (χ2v) is 7.63. The van der Waals surface area contributed by atoms with E-state index < -0.39 is 35.1 Å². The van der Waals surface area contributed by atoms with E-state index in [0.717, 1.165) is 40.7 Å². The molecular formula is C25H19F4N3O2. The van der Waals surface area contributed by atoms with Crippen LogP contribution in [0.4, 0.5) is 28.9 Å². The summed E-state index contributed by atoms with van der Waals surface area (Å²) in [6.07, 6.45) is -2.65. The number of aryl methyl sites for hydroxylation is 1. The lowest BCUT2D eigenvalue weighted by molar-refractivity contribution is -0.136. The summed E-state index contributed by atoms with van der Waals surface area (Å²) in [6, 6.07) is 15.2. The summed E-state index contributed by atoms with van der Waals surface area (Å²) < 4.78 is 54.0. The van der Waals surface area contributed by atoms with Crippen LogP contribution >= 0.6 is 0 Å². The summed E-state index contributed by atoms with van der Waals surface area (Å²) in [7, 11) is 0. The van der Waals surface area contributed by atoms with Crippen molar-refractivity contribution < 1.29 is 27.2 Å². The number of halogens is 4. The fraction of sp³-hybridized carbons (Fsp3) is 0.120. The molecule has 0 aliphatic rings. The van der Waals surface area contributed by atoms with E-state index in [4.69, 9.17) is 0 Å². The molecule has 0 aliphatic heterocycles. The van der Waals surface area contributed by atoms with E-state index in [-0.39, 0.29) is 17.7 Å². The Bertz CT molecular complexity index is 1340. The second-order valence-electron chi connectivity index (χ2n) is 7.63. The van der Waals surface area contributed by atoms with Gasteiger partial charge in [0.1, 0.15) is 5.82 Å². The maximum Gasteiger partial charge on any atom is 0.418 e. The predicted molar refractivity (Wildman–Crippen MR) is 121 cm³/mol. The highest BCUT2D eigenvalue weighted by atomic mass is 19.4. The molecular weight excluding hydrogens is 450 g/mol. The third-order valence-electron chi connectivity index (χ3n) is 5.26. The van der Waals surface area contributed by atoms with Crippen LogP contribution in [0.5, 0.6) is 0 Å². The molecule has 3 aromatic carbocycles. The first-order valence-corrected chi connectivity index (χ1v) is 10.3. The molecule has 4 aromatic rings. The van der Waals surface area contributed by atoms with Gasteiger partial charge in [-0.15, -0.1) is 0 Å². The molecule has 0 spiro atoms. The first-order chi connectivity index (χ1) is 16.2. The summed E-state index contributed by atoms with van der Waals surface area (Å²) >= 11 is 0. The molecule has 0 unspecified atom stereocenters. The van der Waals surface area contributed by atoms with Crippen molar-refractivity contribution in [1.82, 2.24) is 4.98 Å². The molecule has 0 aliphatic carbocycles. The van der Waals surface area contributed by atoms with E-state index in [2.05, 4.69) is 15.6 Å². The number of H-pyrrole nitrogens is 1. The van der Waals surface area contributed by atoms with Gasteiger partial charge in [0.25, 0.3) is 5.91 Å². The fourth-order valence-corrected chi connectivity index (χ4v) is 3.57. The molecule has 0 saturated carbocycles. The van der Waals surface area contributed by atoms with Gasteiger partial charge in [-0.3, -0.25) is 9.59 Å². The highest BCUT2D eigenvalue weighted by Gasteiger charge is 2.34. The number of nitrogens with one attached hydrogen (secondary N) is 3. The summed E-state index contributed by atoms with van der Waals surface area (Å²) in [5.74, 6) is -1.80. The Balaban J connectivity index is 1.47. The number of carbonyl (C=O) groups excluding carboxylic acids is 2. The van der Waals surface area contributed by atoms with Crippen molar-refractivity contribution in [2.75, 3.05) is 10.6 Å². The molecule has 2 amide bonds. The number of amides is 2. The SMILES string of the molecule is O=C(CCc1c[nH]c2ccccc12)Nc1ccc(NC(=O)c2ccc(F)cc2)cc1C(F)(F)F. The van der Waals surface area contributed by atoms with Gasteiger partial charge in [0.05, 0.1) is 11.3 Å². The molecule has 0 fully saturated rings. The number of fused-ring (bicyclic) bond motifs is 1. The Kier molecular flexibility index (Phi) is 6.36. The molecule has 3 N–H and O–H groups in total. The normalized spacial score (nSPS) is 11.4. The lowest BCUT2D eigenvalue weighted by atomic mass is 10.1. The van der Waals surface area contributed by atoms with E-state index in [1.54, 1.807) is 6.20 Å². The summed E-state index contributed by atoms with van der Waals surface area (Å²) in [5.41, 5.74) is 0.278. The molecule has 4 rings (SSSR count). The van der Waals surface area contributed by atoms with E-state index in [1.807, 2.05) is 24.3 Å². The predicted octanol–water partition coefficient (Wildman–Crippen LogP) is 6.15. The summed E-state index contributed by atoms with van der Waals surface area (Å²) in [5, 5.41) is 5.63. The minimum Gasteiger partial charge on any atom is -0.361 e. The minimum atomic E-state index is -4.77. The van der Waals surface area contributed by atoms with E-state index >= 15 is 0 Å². The Morgan fingerprint density at radius 3 is 2.38 bits per heavy atom. The van der Waals surface area contributed by atoms with Gasteiger partial charge in [0, 0.05) is 34.8 Å². The van der Waals surface area contributed by atoms with Gasteiger partial charge in [0.15, 0.2) is 0 Å². The highest BCUT2D eigenvalue weighted by molar-refractivity contribution is 6.04. The lowest BCUT2D eigenvalue weighted by Crippen LogP contribution is -2.18. The molecule has 0 radical (unpaired) electrons. The number of benzene rings is 3. The van der Waals surface area contributed by atoms with Gasteiger partial charge >= 0.3 is 6.18 Å². The summed E-state index contributed by atoms with van der Waals surface area (Å²) in [6.45, 7) is 0. The molecule has 0 bridgehead atoms. The first-order valence-electron chi connectivity index (χ1n) is 10.3. The number of para-hydroxylation sites is 1. The van der Waals surface area contributed by atoms with Gasteiger partial charge < -0.3 is 15.6 Å². The third-order valence-corrected chi connectivity index (χ3v) is 5.26. The van der Waals surface area contributed by atoms with Crippen LogP contribution in [0.25, 0.3) is 10.9 Å². The molecule has 1 heterocycles. The van der Waals surface area contributed by atoms with E-state index in [0.29, 0.717) is 6.42 Å². The van der Waals surface area contributed by atoms with Gasteiger partial charge in [-0.25, -0.2) is 4.39 Å². The number of aromatic amines is 1. The van der Waals surface area contributed by atoms with Gasteiger partial charge in [-0.2, -0.15) is 13.2 Å². The van der Waals surface area contributed by atoms with Crippen LogP contribution in [0.3, 0.4) is 0 Å². The largest absolute Gasteiger partial charge is 0.418 e. The summed E-state index contributed by atoms with van der Waals surface area (Å²) in [4.78, 5) is 27.8. The first kappa shape index (κ1) is 23.0. The molecule has 9 heteroatoms. The zero-order valence-corrected chi connectivity index (χ0v) is 17.7. The molecule has 0 atom stereocenters. The highest BCUT2D eigenvalue weighted by Crippen LogP contribution is 2.37.